The summed E-state index contributed by atoms with van der Waals surface area (Å²) in [6.45, 7) is 3.01. The molecule has 0 bridgehead atoms. The summed E-state index contributed by atoms with van der Waals surface area (Å²) in [7, 11) is -1.75. The maximum absolute atomic E-state index is 12.3. The summed E-state index contributed by atoms with van der Waals surface area (Å²) in [6.07, 6.45) is 3.02. The van der Waals surface area contributed by atoms with E-state index in [1.165, 1.54) is 4.31 Å². The van der Waals surface area contributed by atoms with Crippen LogP contribution in [0.15, 0.2) is 29.2 Å². The molecule has 0 radical (unpaired) electrons. The second-order valence-corrected chi connectivity index (χ2v) is 6.43. The lowest BCUT2D eigenvalue weighted by Crippen LogP contribution is -2.28. The van der Waals surface area contributed by atoms with Crippen LogP contribution in [-0.2, 0) is 16.6 Å². The van der Waals surface area contributed by atoms with Gasteiger partial charge in [0.05, 0.1) is 4.90 Å². The summed E-state index contributed by atoms with van der Waals surface area (Å²) < 4.78 is 26.0. The van der Waals surface area contributed by atoms with E-state index in [0.717, 1.165) is 24.8 Å². The quantitative estimate of drug-likeness (QED) is 0.770. The van der Waals surface area contributed by atoms with Crippen LogP contribution in [-0.4, -0.2) is 26.3 Å². The summed E-state index contributed by atoms with van der Waals surface area (Å²) in [5, 5.41) is 0. The van der Waals surface area contributed by atoms with Crippen molar-refractivity contribution in [1.29, 1.82) is 0 Å². The Morgan fingerprint density at radius 1 is 1.28 bits per heavy atom. The van der Waals surface area contributed by atoms with Crippen LogP contribution in [0.1, 0.15) is 31.7 Å². The summed E-state index contributed by atoms with van der Waals surface area (Å²) >= 11 is 0. The van der Waals surface area contributed by atoms with E-state index in [-0.39, 0.29) is 0 Å². The van der Waals surface area contributed by atoms with E-state index >= 15 is 0 Å². The molecule has 1 rings (SSSR count). The summed E-state index contributed by atoms with van der Waals surface area (Å²) in [4.78, 5) is 0.324. The van der Waals surface area contributed by atoms with Gasteiger partial charge in [-0.05, 0) is 24.1 Å². The molecule has 102 valence electrons. The van der Waals surface area contributed by atoms with Gasteiger partial charge in [0.15, 0.2) is 0 Å². The van der Waals surface area contributed by atoms with Crippen molar-refractivity contribution in [2.45, 2.75) is 37.6 Å². The van der Waals surface area contributed by atoms with E-state index in [2.05, 4.69) is 6.92 Å². The Kier molecular flexibility index (Phi) is 5.78. The number of hydrogen-bond acceptors (Lipinski definition) is 3. The van der Waals surface area contributed by atoms with Gasteiger partial charge in [-0.15, -0.1) is 0 Å². The fourth-order valence-electron chi connectivity index (χ4n) is 1.72. The molecular formula is C13H22N2O2S. The van der Waals surface area contributed by atoms with Crippen LogP contribution >= 0.6 is 0 Å². The van der Waals surface area contributed by atoms with E-state index in [9.17, 15) is 8.42 Å². The lowest BCUT2D eigenvalue weighted by atomic mass is 10.2. The van der Waals surface area contributed by atoms with E-state index < -0.39 is 10.0 Å². The Morgan fingerprint density at radius 3 is 2.61 bits per heavy atom. The minimum absolute atomic E-state index is 0.324. The highest BCUT2D eigenvalue weighted by molar-refractivity contribution is 7.89. The minimum Gasteiger partial charge on any atom is -0.326 e. The van der Waals surface area contributed by atoms with Gasteiger partial charge < -0.3 is 5.73 Å². The lowest BCUT2D eigenvalue weighted by molar-refractivity contribution is 0.454. The first-order valence-corrected chi connectivity index (χ1v) is 7.71. The zero-order chi connectivity index (χ0) is 13.6. The van der Waals surface area contributed by atoms with Crippen LogP contribution in [0.2, 0.25) is 0 Å². The van der Waals surface area contributed by atoms with Gasteiger partial charge in [-0.1, -0.05) is 31.9 Å². The van der Waals surface area contributed by atoms with E-state index in [1.807, 2.05) is 6.07 Å². The van der Waals surface area contributed by atoms with E-state index in [1.54, 1.807) is 25.2 Å². The molecule has 0 aromatic heterocycles. The molecule has 0 saturated carbocycles. The molecule has 0 atom stereocenters. The number of rotatable bonds is 7. The smallest absolute Gasteiger partial charge is 0.242 e. The van der Waals surface area contributed by atoms with Crippen molar-refractivity contribution < 1.29 is 8.42 Å². The number of nitrogens with zero attached hydrogens (tertiary/aromatic N) is 1. The fourth-order valence-corrected chi connectivity index (χ4v) is 3.00. The van der Waals surface area contributed by atoms with E-state index in [0.29, 0.717) is 18.0 Å². The van der Waals surface area contributed by atoms with Crippen molar-refractivity contribution in [3.63, 3.8) is 0 Å². The van der Waals surface area contributed by atoms with Crippen LogP contribution in [0, 0.1) is 0 Å². The topological polar surface area (TPSA) is 63.4 Å². The summed E-state index contributed by atoms with van der Waals surface area (Å²) in [5.41, 5.74) is 6.36. The van der Waals surface area contributed by atoms with Crippen molar-refractivity contribution in [1.82, 2.24) is 4.31 Å². The normalized spacial score (nSPS) is 12.0. The number of benzene rings is 1. The molecule has 0 unspecified atom stereocenters. The molecule has 4 nitrogen and oxygen atoms in total. The van der Waals surface area contributed by atoms with Crippen molar-refractivity contribution in [3.05, 3.63) is 29.8 Å². The van der Waals surface area contributed by atoms with Crippen molar-refractivity contribution >= 4 is 10.0 Å². The monoisotopic (exact) mass is 270 g/mol. The maximum Gasteiger partial charge on any atom is 0.242 e. The summed E-state index contributed by atoms with van der Waals surface area (Å²) in [6, 6.07) is 6.82. The molecule has 0 spiro atoms. The predicted octanol–water partition coefficient (Wildman–Crippen LogP) is 1.96. The van der Waals surface area contributed by atoms with Crippen molar-refractivity contribution in [3.8, 4) is 0 Å². The number of unbranched alkanes of at least 4 members (excludes halogenated alkanes) is 2. The first-order chi connectivity index (χ1) is 8.52. The van der Waals surface area contributed by atoms with Gasteiger partial charge in [-0.25, -0.2) is 12.7 Å². The van der Waals surface area contributed by atoms with Crippen molar-refractivity contribution in [2.24, 2.45) is 5.73 Å². The third-order valence-corrected chi connectivity index (χ3v) is 4.77. The average Bonchev–Trinajstić information content (AvgIpc) is 2.39. The second-order valence-electron chi connectivity index (χ2n) is 4.39. The average molecular weight is 270 g/mol. The molecule has 5 heteroatoms. The molecule has 2 N–H and O–H groups in total. The van der Waals surface area contributed by atoms with Crippen LogP contribution in [0.3, 0.4) is 0 Å². The fraction of sp³-hybridized carbons (Fsp3) is 0.538. The minimum atomic E-state index is -3.37. The zero-order valence-corrected chi connectivity index (χ0v) is 11.9. The Bertz CT molecular complexity index is 472. The maximum atomic E-state index is 12.3. The molecule has 0 heterocycles. The largest absolute Gasteiger partial charge is 0.326 e. The highest BCUT2D eigenvalue weighted by Crippen LogP contribution is 2.16. The van der Waals surface area contributed by atoms with Gasteiger partial charge in [0.25, 0.3) is 0 Å². The molecule has 0 aliphatic heterocycles. The van der Waals surface area contributed by atoms with Gasteiger partial charge in [0.2, 0.25) is 10.0 Å². The van der Waals surface area contributed by atoms with Crippen molar-refractivity contribution in [2.75, 3.05) is 13.6 Å². The molecule has 18 heavy (non-hydrogen) atoms. The second kappa shape index (κ2) is 6.87. The van der Waals surface area contributed by atoms with Crippen LogP contribution < -0.4 is 5.73 Å². The lowest BCUT2D eigenvalue weighted by Gasteiger charge is -2.17. The SMILES string of the molecule is CCCCCN(C)S(=O)(=O)c1cccc(CN)c1. The van der Waals surface area contributed by atoms with Crippen LogP contribution in [0.25, 0.3) is 0 Å². The van der Waals surface area contributed by atoms with Gasteiger partial charge in [0, 0.05) is 20.1 Å². The molecule has 0 aliphatic carbocycles. The van der Waals surface area contributed by atoms with Crippen LogP contribution in [0.5, 0.6) is 0 Å². The first kappa shape index (κ1) is 15.1. The molecule has 1 aromatic rings. The third-order valence-electron chi connectivity index (χ3n) is 2.92. The molecule has 0 fully saturated rings. The zero-order valence-electron chi connectivity index (χ0n) is 11.1. The van der Waals surface area contributed by atoms with Gasteiger partial charge in [-0.3, -0.25) is 0 Å². The van der Waals surface area contributed by atoms with E-state index in [4.69, 9.17) is 5.73 Å². The number of hydrogen-bond donors (Lipinski definition) is 1. The van der Waals surface area contributed by atoms with Crippen LogP contribution in [0.4, 0.5) is 0 Å². The van der Waals surface area contributed by atoms with Gasteiger partial charge >= 0.3 is 0 Å². The Balaban J connectivity index is 2.84. The predicted molar refractivity (Wildman–Crippen MR) is 73.7 cm³/mol. The number of sulfonamides is 1. The molecular weight excluding hydrogens is 248 g/mol. The number of nitrogens with two attached hydrogens (primary N) is 1. The molecule has 1 aromatic carbocycles. The highest BCUT2D eigenvalue weighted by atomic mass is 32.2. The summed E-state index contributed by atoms with van der Waals surface area (Å²) in [5.74, 6) is 0. The molecule has 0 saturated heterocycles. The van der Waals surface area contributed by atoms with Gasteiger partial charge in [0.1, 0.15) is 0 Å². The molecule has 0 aliphatic rings. The highest BCUT2D eigenvalue weighted by Gasteiger charge is 2.20. The first-order valence-electron chi connectivity index (χ1n) is 6.27. The molecule has 0 amide bonds. The van der Waals surface area contributed by atoms with Gasteiger partial charge in [-0.2, -0.15) is 0 Å². The standard InChI is InChI=1S/C13H22N2O2S/c1-3-4-5-9-15(2)18(16,17)13-8-6-7-12(10-13)11-14/h6-8,10H,3-5,9,11,14H2,1-2H3. The Morgan fingerprint density at radius 2 is 2.00 bits per heavy atom. The third kappa shape index (κ3) is 3.80. The Hall–Kier alpha value is -0.910. The Labute approximate surface area is 110 Å².